The first-order valence-electron chi connectivity index (χ1n) is 6.41. The van der Waals surface area contributed by atoms with Crippen LogP contribution in [0.25, 0.3) is 0 Å². The van der Waals surface area contributed by atoms with Crippen molar-refractivity contribution in [3.8, 4) is 0 Å². The van der Waals surface area contributed by atoms with E-state index in [0.717, 1.165) is 5.56 Å². The molecule has 0 saturated carbocycles. The summed E-state index contributed by atoms with van der Waals surface area (Å²) in [7, 11) is 0. The van der Waals surface area contributed by atoms with Gasteiger partial charge in [0.15, 0.2) is 0 Å². The molecule has 1 amide bonds. The number of ether oxygens (including phenoxy) is 1. The average molecular weight is 264 g/mol. The van der Waals surface area contributed by atoms with E-state index in [1.807, 2.05) is 30.3 Å². The number of carbonyl (C=O) groups excluding carboxylic acids is 1. The maximum atomic E-state index is 11.9. The Kier molecular flexibility index (Phi) is 4.07. The molecule has 2 atom stereocenters. The molecule has 1 saturated heterocycles. The van der Waals surface area contributed by atoms with E-state index in [4.69, 9.17) is 10.5 Å². The second kappa shape index (κ2) is 5.59. The van der Waals surface area contributed by atoms with E-state index in [1.54, 1.807) is 6.92 Å². The largest absolute Gasteiger partial charge is 0.445 e. The highest BCUT2D eigenvalue weighted by molar-refractivity contribution is 5.67. The lowest BCUT2D eigenvalue weighted by molar-refractivity contribution is 0.00611. The van der Waals surface area contributed by atoms with Crippen LogP contribution in [0.15, 0.2) is 30.3 Å². The molecule has 3 N–H and O–H groups in total. The van der Waals surface area contributed by atoms with Gasteiger partial charge in [-0.2, -0.15) is 0 Å². The molecule has 104 valence electrons. The van der Waals surface area contributed by atoms with Gasteiger partial charge in [-0.1, -0.05) is 30.3 Å². The molecule has 0 aromatic heterocycles. The number of piperidine rings is 1. The Morgan fingerprint density at radius 2 is 2.21 bits per heavy atom. The van der Waals surface area contributed by atoms with Gasteiger partial charge in [0.25, 0.3) is 0 Å². The van der Waals surface area contributed by atoms with E-state index in [0.29, 0.717) is 13.0 Å². The van der Waals surface area contributed by atoms with E-state index >= 15 is 0 Å². The van der Waals surface area contributed by atoms with Crippen molar-refractivity contribution in [3.05, 3.63) is 35.9 Å². The molecule has 0 aliphatic carbocycles. The summed E-state index contributed by atoms with van der Waals surface area (Å²) in [4.78, 5) is 13.4. The fourth-order valence-corrected chi connectivity index (χ4v) is 2.03. The number of carbonyl (C=O) groups is 1. The van der Waals surface area contributed by atoms with Crippen molar-refractivity contribution in [2.75, 3.05) is 13.1 Å². The van der Waals surface area contributed by atoms with Crippen LogP contribution >= 0.6 is 0 Å². The van der Waals surface area contributed by atoms with Crippen LogP contribution in [0.3, 0.4) is 0 Å². The topological polar surface area (TPSA) is 75.8 Å². The molecule has 19 heavy (non-hydrogen) atoms. The number of nitrogens with two attached hydrogens (primary N) is 1. The number of nitrogens with zero attached hydrogens (tertiary/aromatic N) is 1. The molecule has 2 unspecified atom stereocenters. The monoisotopic (exact) mass is 264 g/mol. The molecule has 1 aliphatic rings. The van der Waals surface area contributed by atoms with E-state index in [2.05, 4.69) is 0 Å². The Morgan fingerprint density at radius 3 is 2.84 bits per heavy atom. The summed E-state index contributed by atoms with van der Waals surface area (Å²) >= 11 is 0. The number of benzene rings is 1. The third-order valence-electron chi connectivity index (χ3n) is 3.54. The molecule has 0 bridgehead atoms. The molecule has 1 aromatic carbocycles. The Bertz CT molecular complexity index is 434. The van der Waals surface area contributed by atoms with Gasteiger partial charge in [-0.15, -0.1) is 0 Å². The number of aliphatic hydroxyl groups is 1. The molecular weight excluding hydrogens is 244 g/mol. The maximum Gasteiger partial charge on any atom is 0.410 e. The Balaban J connectivity index is 1.84. The SMILES string of the molecule is CC1(N)CCN(C(=O)OCc2ccccc2)CC1O. The highest BCUT2D eigenvalue weighted by atomic mass is 16.6. The minimum absolute atomic E-state index is 0.223. The van der Waals surface area contributed by atoms with Gasteiger partial charge >= 0.3 is 6.09 Å². The van der Waals surface area contributed by atoms with E-state index in [9.17, 15) is 9.90 Å². The molecule has 0 spiro atoms. The summed E-state index contributed by atoms with van der Waals surface area (Å²) in [5.41, 5.74) is 6.23. The van der Waals surface area contributed by atoms with Crippen molar-refractivity contribution in [1.29, 1.82) is 0 Å². The second-order valence-corrected chi connectivity index (χ2v) is 5.26. The Labute approximate surface area is 113 Å². The van der Waals surface area contributed by atoms with Crippen LogP contribution in [0.1, 0.15) is 18.9 Å². The molecule has 1 aromatic rings. The van der Waals surface area contributed by atoms with Gasteiger partial charge in [-0.3, -0.25) is 0 Å². The van der Waals surface area contributed by atoms with E-state index < -0.39 is 17.7 Å². The predicted octanol–water partition coefficient (Wildman–Crippen LogP) is 1.11. The lowest BCUT2D eigenvalue weighted by Crippen LogP contribution is -2.59. The molecule has 1 fully saturated rings. The lowest BCUT2D eigenvalue weighted by atomic mass is 9.88. The zero-order chi connectivity index (χ0) is 13.9. The standard InChI is InChI=1S/C14H20N2O3/c1-14(15)7-8-16(9-12(14)17)13(18)19-10-11-5-3-2-4-6-11/h2-6,12,17H,7-10,15H2,1H3. The number of hydrogen-bond donors (Lipinski definition) is 2. The van der Waals surface area contributed by atoms with Crippen molar-refractivity contribution in [3.63, 3.8) is 0 Å². The number of β-amino-alcohol motifs (C(OH)–C–C–N with tert-alkyl or cyclic N) is 1. The highest BCUT2D eigenvalue weighted by Gasteiger charge is 2.36. The summed E-state index contributed by atoms with van der Waals surface area (Å²) in [6, 6.07) is 9.50. The highest BCUT2D eigenvalue weighted by Crippen LogP contribution is 2.20. The van der Waals surface area contributed by atoms with E-state index in [-0.39, 0.29) is 13.2 Å². The number of amides is 1. The lowest BCUT2D eigenvalue weighted by Gasteiger charge is -2.40. The van der Waals surface area contributed by atoms with Crippen LogP contribution in [0.2, 0.25) is 0 Å². The summed E-state index contributed by atoms with van der Waals surface area (Å²) < 4.78 is 5.22. The first-order valence-corrected chi connectivity index (χ1v) is 6.41. The van der Waals surface area contributed by atoms with E-state index in [1.165, 1.54) is 4.90 Å². The quantitative estimate of drug-likeness (QED) is 0.839. The maximum absolute atomic E-state index is 11.9. The van der Waals surface area contributed by atoms with Crippen LogP contribution in [-0.2, 0) is 11.3 Å². The smallest absolute Gasteiger partial charge is 0.410 e. The van der Waals surface area contributed by atoms with Gasteiger partial charge in [-0.05, 0) is 18.9 Å². The predicted molar refractivity (Wildman–Crippen MR) is 71.4 cm³/mol. The molecule has 1 aliphatic heterocycles. The van der Waals surface area contributed by atoms with Crippen LogP contribution in [0.4, 0.5) is 4.79 Å². The zero-order valence-electron chi connectivity index (χ0n) is 11.1. The molecule has 1 heterocycles. The summed E-state index contributed by atoms with van der Waals surface area (Å²) in [5.74, 6) is 0. The van der Waals surface area contributed by atoms with Gasteiger partial charge in [0.05, 0.1) is 12.6 Å². The number of rotatable bonds is 2. The number of likely N-dealkylation sites (tertiary alicyclic amines) is 1. The van der Waals surface area contributed by atoms with Crippen LogP contribution in [0.5, 0.6) is 0 Å². The van der Waals surface area contributed by atoms with Gasteiger partial charge in [0, 0.05) is 12.1 Å². The molecular formula is C14H20N2O3. The van der Waals surface area contributed by atoms with Gasteiger partial charge < -0.3 is 20.5 Å². The van der Waals surface area contributed by atoms with Crippen molar-refractivity contribution in [1.82, 2.24) is 4.90 Å². The van der Waals surface area contributed by atoms with Crippen LogP contribution < -0.4 is 5.73 Å². The number of aliphatic hydroxyl groups excluding tert-OH is 1. The summed E-state index contributed by atoms with van der Waals surface area (Å²) in [5, 5.41) is 9.87. The van der Waals surface area contributed by atoms with Crippen molar-refractivity contribution < 1.29 is 14.6 Å². The molecule has 5 heteroatoms. The fraction of sp³-hybridized carbons (Fsp3) is 0.500. The second-order valence-electron chi connectivity index (χ2n) is 5.26. The first-order chi connectivity index (χ1) is 8.99. The van der Waals surface area contributed by atoms with Crippen LogP contribution in [-0.4, -0.2) is 40.8 Å². The first kappa shape index (κ1) is 13.8. The summed E-state index contributed by atoms with van der Waals surface area (Å²) in [6.45, 7) is 2.77. The van der Waals surface area contributed by atoms with Crippen LogP contribution in [0, 0.1) is 0 Å². The average Bonchev–Trinajstić information content (AvgIpc) is 2.40. The summed E-state index contributed by atoms with van der Waals surface area (Å²) in [6.07, 6.45) is -0.557. The normalized spacial score (nSPS) is 27.1. The van der Waals surface area contributed by atoms with Gasteiger partial charge in [0.2, 0.25) is 0 Å². The molecule has 2 rings (SSSR count). The number of hydrogen-bond acceptors (Lipinski definition) is 4. The minimum atomic E-state index is -0.717. The molecule has 5 nitrogen and oxygen atoms in total. The Morgan fingerprint density at radius 1 is 1.53 bits per heavy atom. The molecule has 0 radical (unpaired) electrons. The fourth-order valence-electron chi connectivity index (χ4n) is 2.03. The van der Waals surface area contributed by atoms with Crippen molar-refractivity contribution >= 4 is 6.09 Å². The van der Waals surface area contributed by atoms with Gasteiger partial charge in [-0.25, -0.2) is 4.79 Å². The van der Waals surface area contributed by atoms with Gasteiger partial charge in [0.1, 0.15) is 6.61 Å². The van der Waals surface area contributed by atoms with Crippen molar-refractivity contribution in [2.24, 2.45) is 5.73 Å². The minimum Gasteiger partial charge on any atom is -0.445 e. The van der Waals surface area contributed by atoms with Crippen molar-refractivity contribution in [2.45, 2.75) is 31.6 Å². The third-order valence-corrected chi connectivity index (χ3v) is 3.54. The third kappa shape index (κ3) is 3.45. The Hall–Kier alpha value is -1.59. The zero-order valence-corrected chi connectivity index (χ0v) is 11.1.